The van der Waals surface area contributed by atoms with Gasteiger partial charge in [-0.2, -0.15) is 0 Å². The zero-order valence-corrected chi connectivity index (χ0v) is 11.7. The van der Waals surface area contributed by atoms with E-state index in [0.717, 1.165) is 30.5 Å². The van der Waals surface area contributed by atoms with E-state index in [1.54, 1.807) is 0 Å². The van der Waals surface area contributed by atoms with E-state index in [2.05, 4.69) is 10.1 Å². The van der Waals surface area contributed by atoms with E-state index in [0.29, 0.717) is 12.0 Å². The molecule has 0 bridgehead atoms. The Kier molecular flexibility index (Phi) is 4.30. The van der Waals surface area contributed by atoms with Crippen molar-refractivity contribution < 1.29 is 4.52 Å². The summed E-state index contributed by atoms with van der Waals surface area (Å²) in [6.45, 7) is 5.18. The minimum absolute atomic E-state index is 0. The molecule has 1 aliphatic heterocycles. The molecule has 18 heavy (non-hydrogen) atoms. The van der Waals surface area contributed by atoms with Crippen LogP contribution in [0.3, 0.4) is 0 Å². The van der Waals surface area contributed by atoms with Crippen molar-refractivity contribution in [2.45, 2.75) is 38.8 Å². The molecule has 1 saturated carbocycles. The average Bonchev–Trinajstić information content (AvgIpc) is 2.86. The molecular weight excluding hydrogens is 250 g/mol. The fourth-order valence-electron chi connectivity index (χ4n) is 3.46. The van der Waals surface area contributed by atoms with Gasteiger partial charge < -0.3 is 10.3 Å². The van der Waals surface area contributed by atoms with Gasteiger partial charge in [0.15, 0.2) is 0 Å². The Labute approximate surface area is 114 Å². The number of nitrogens with two attached hydrogens (primary N) is 1. The Morgan fingerprint density at radius 3 is 2.94 bits per heavy atom. The molecule has 0 aromatic carbocycles. The summed E-state index contributed by atoms with van der Waals surface area (Å²) in [5, 5.41) is 4.07. The van der Waals surface area contributed by atoms with Gasteiger partial charge in [-0.25, -0.2) is 0 Å². The highest BCUT2D eigenvalue weighted by Crippen LogP contribution is 2.35. The van der Waals surface area contributed by atoms with Gasteiger partial charge in [0.1, 0.15) is 5.76 Å². The predicted octanol–water partition coefficient (Wildman–Crippen LogP) is 1.96. The lowest BCUT2D eigenvalue weighted by Crippen LogP contribution is -2.38. The van der Waals surface area contributed by atoms with Crippen LogP contribution in [0.25, 0.3) is 0 Å². The molecule has 2 fully saturated rings. The summed E-state index contributed by atoms with van der Waals surface area (Å²) in [4.78, 5) is 2.48. The maximum Gasteiger partial charge on any atom is 0.133 e. The number of hydrogen-bond donors (Lipinski definition) is 1. The molecule has 0 amide bonds. The second-order valence-electron chi connectivity index (χ2n) is 5.64. The lowest BCUT2D eigenvalue weighted by molar-refractivity contribution is 0.259. The van der Waals surface area contributed by atoms with E-state index in [4.69, 9.17) is 10.3 Å². The molecule has 3 rings (SSSR count). The Morgan fingerprint density at radius 2 is 2.28 bits per heavy atom. The summed E-state index contributed by atoms with van der Waals surface area (Å²) >= 11 is 0. The third kappa shape index (κ3) is 2.71. The summed E-state index contributed by atoms with van der Waals surface area (Å²) in [5.74, 6) is 2.41. The van der Waals surface area contributed by atoms with Crippen molar-refractivity contribution in [1.82, 2.24) is 10.1 Å². The molecule has 1 aromatic rings. The van der Waals surface area contributed by atoms with Crippen LogP contribution in [0.2, 0.25) is 0 Å². The fraction of sp³-hybridized carbons (Fsp3) is 0.769. The SMILES string of the molecule is Cc1cc(CN2CC3CCCC(N)C3C2)no1.Cl. The highest BCUT2D eigenvalue weighted by atomic mass is 35.5. The summed E-state index contributed by atoms with van der Waals surface area (Å²) in [6, 6.07) is 2.44. The minimum atomic E-state index is 0. The first-order chi connectivity index (χ1) is 8.22. The van der Waals surface area contributed by atoms with Crippen LogP contribution in [-0.2, 0) is 6.54 Å². The van der Waals surface area contributed by atoms with Crippen molar-refractivity contribution in [3.63, 3.8) is 0 Å². The normalized spacial score (nSPS) is 32.0. The number of likely N-dealkylation sites (tertiary alicyclic amines) is 1. The van der Waals surface area contributed by atoms with Crippen molar-refractivity contribution in [3.05, 3.63) is 17.5 Å². The number of fused-ring (bicyclic) bond motifs is 1. The number of halogens is 1. The van der Waals surface area contributed by atoms with Crippen LogP contribution in [-0.4, -0.2) is 29.2 Å². The third-order valence-electron chi connectivity index (χ3n) is 4.29. The molecule has 1 aromatic heterocycles. The molecule has 0 spiro atoms. The van der Waals surface area contributed by atoms with Gasteiger partial charge >= 0.3 is 0 Å². The van der Waals surface area contributed by atoms with Gasteiger partial charge in [0.25, 0.3) is 0 Å². The molecule has 2 heterocycles. The highest BCUT2D eigenvalue weighted by molar-refractivity contribution is 5.85. The van der Waals surface area contributed by atoms with Crippen LogP contribution in [0.5, 0.6) is 0 Å². The molecule has 2 aliphatic rings. The molecule has 5 heteroatoms. The van der Waals surface area contributed by atoms with Crippen LogP contribution in [0, 0.1) is 18.8 Å². The predicted molar refractivity (Wildman–Crippen MR) is 72.6 cm³/mol. The van der Waals surface area contributed by atoms with Gasteiger partial charge in [-0.1, -0.05) is 11.6 Å². The topological polar surface area (TPSA) is 55.3 Å². The summed E-state index contributed by atoms with van der Waals surface area (Å²) in [7, 11) is 0. The van der Waals surface area contributed by atoms with Crippen LogP contribution in [0.1, 0.15) is 30.7 Å². The lowest BCUT2D eigenvalue weighted by atomic mass is 9.78. The quantitative estimate of drug-likeness (QED) is 0.894. The second-order valence-corrected chi connectivity index (χ2v) is 5.64. The smallest absolute Gasteiger partial charge is 0.133 e. The molecular formula is C13H22ClN3O. The number of aromatic nitrogens is 1. The van der Waals surface area contributed by atoms with Gasteiger partial charge in [0.05, 0.1) is 5.69 Å². The largest absolute Gasteiger partial charge is 0.361 e. The molecule has 2 N–H and O–H groups in total. The monoisotopic (exact) mass is 271 g/mol. The fourth-order valence-corrected chi connectivity index (χ4v) is 3.46. The van der Waals surface area contributed by atoms with Crippen molar-refractivity contribution in [1.29, 1.82) is 0 Å². The number of rotatable bonds is 2. The second kappa shape index (κ2) is 5.59. The van der Waals surface area contributed by atoms with Crippen molar-refractivity contribution in [3.8, 4) is 0 Å². The molecule has 0 radical (unpaired) electrons. The van der Waals surface area contributed by atoms with Gasteiger partial charge in [-0.05, 0) is 31.6 Å². The van der Waals surface area contributed by atoms with E-state index in [-0.39, 0.29) is 12.4 Å². The minimum Gasteiger partial charge on any atom is -0.361 e. The Morgan fingerprint density at radius 1 is 1.44 bits per heavy atom. The first kappa shape index (κ1) is 13.8. The van der Waals surface area contributed by atoms with Gasteiger partial charge in [0.2, 0.25) is 0 Å². The number of hydrogen-bond acceptors (Lipinski definition) is 4. The van der Waals surface area contributed by atoms with Gasteiger partial charge in [-0.15, -0.1) is 12.4 Å². The third-order valence-corrected chi connectivity index (χ3v) is 4.29. The van der Waals surface area contributed by atoms with E-state index >= 15 is 0 Å². The highest BCUT2D eigenvalue weighted by Gasteiger charge is 2.38. The van der Waals surface area contributed by atoms with Gasteiger partial charge in [-0.3, -0.25) is 4.90 Å². The number of aryl methyl sites for hydroxylation is 1. The number of nitrogens with zero attached hydrogens (tertiary/aromatic N) is 2. The first-order valence-corrected chi connectivity index (χ1v) is 6.62. The summed E-state index contributed by atoms with van der Waals surface area (Å²) < 4.78 is 5.11. The molecule has 102 valence electrons. The van der Waals surface area contributed by atoms with E-state index in [1.165, 1.54) is 25.8 Å². The zero-order chi connectivity index (χ0) is 11.8. The van der Waals surface area contributed by atoms with Crippen molar-refractivity contribution in [2.24, 2.45) is 17.6 Å². The Hall–Kier alpha value is -0.580. The van der Waals surface area contributed by atoms with Crippen molar-refractivity contribution >= 4 is 12.4 Å². The molecule has 3 atom stereocenters. The van der Waals surface area contributed by atoms with Crippen LogP contribution >= 0.6 is 12.4 Å². The van der Waals surface area contributed by atoms with E-state index in [9.17, 15) is 0 Å². The average molecular weight is 272 g/mol. The van der Waals surface area contributed by atoms with E-state index in [1.807, 2.05) is 13.0 Å². The summed E-state index contributed by atoms with van der Waals surface area (Å²) in [5.41, 5.74) is 7.27. The van der Waals surface area contributed by atoms with Crippen LogP contribution in [0.15, 0.2) is 10.6 Å². The zero-order valence-electron chi connectivity index (χ0n) is 10.8. The Bertz CT molecular complexity index is 395. The van der Waals surface area contributed by atoms with Crippen LogP contribution in [0.4, 0.5) is 0 Å². The first-order valence-electron chi connectivity index (χ1n) is 6.62. The standard InChI is InChI=1S/C13H21N3O.ClH/c1-9-5-11(15-17-9)7-16-6-10-3-2-4-13(14)12(10)8-16;/h5,10,12-13H,2-4,6-8,14H2,1H3;1H. The molecule has 1 aliphatic carbocycles. The molecule has 3 unspecified atom stereocenters. The van der Waals surface area contributed by atoms with Gasteiger partial charge in [0, 0.05) is 31.7 Å². The van der Waals surface area contributed by atoms with Crippen molar-refractivity contribution in [2.75, 3.05) is 13.1 Å². The maximum atomic E-state index is 6.22. The van der Waals surface area contributed by atoms with E-state index < -0.39 is 0 Å². The lowest BCUT2D eigenvalue weighted by Gasteiger charge is -2.29. The molecule has 1 saturated heterocycles. The van der Waals surface area contributed by atoms with Crippen LogP contribution < -0.4 is 5.73 Å². The molecule has 4 nitrogen and oxygen atoms in total. The summed E-state index contributed by atoms with van der Waals surface area (Å²) in [6.07, 6.45) is 3.87. The maximum absolute atomic E-state index is 6.22. The Balaban J connectivity index is 0.00000120.